The molecule has 1 saturated heterocycles. The van der Waals surface area contributed by atoms with E-state index in [1.54, 1.807) is 0 Å². The summed E-state index contributed by atoms with van der Waals surface area (Å²) in [5.41, 5.74) is 7.06. The molecule has 1 aromatic rings. The Labute approximate surface area is 121 Å². The van der Waals surface area contributed by atoms with Crippen molar-refractivity contribution in [3.05, 3.63) is 30.3 Å². The average Bonchev–Trinajstić information content (AvgIpc) is 2.86. The van der Waals surface area contributed by atoms with E-state index < -0.39 is 0 Å². The first-order chi connectivity index (χ1) is 9.18. The number of rotatable bonds is 5. The van der Waals surface area contributed by atoms with Crippen LogP contribution in [0.3, 0.4) is 0 Å². The third-order valence-electron chi connectivity index (χ3n) is 3.14. The highest BCUT2D eigenvalue weighted by molar-refractivity contribution is 9.09. The van der Waals surface area contributed by atoms with E-state index in [4.69, 9.17) is 0 Å². The van der Waals surface area contributed by atoms with E-state index in [-0.39, 0.29) is 16.8 Å². The number of benzene rings is 1. The molecule has 1 fully saturated rings. The van der Waals surface area contributed by atoms with Gasteiger partial charge in [0.1, 0.15) is 6.04 Å². The lowest BCUT2D eigenvalue weighted by molar-refractivity contribution is -0.122. The minimum atomic E-state index is -0.206. The monoisotopic (exact) mass is 326 g/mol. The van der Waals surface area contributed by atoms with Crippen LogP contribution in [0.15, 0.2) is 30.3 Å². The molecule has 0 radical (unpaired) electrons. The van der Waals surface area contributed by atoms with Crippen LogP contribution in [0.4, 0.5) is 5.69 Å². The highest BCUT2D eigenvalue weighted by Crippen LogP contribution is 2.10. The van der Waals surface area contributed by atoms with Gasteiger partial charge >= 0.3 is 0 Å². The van der Waals surface area contributed by atoms with Crippen molar-refractivity contribution in [2.45, 2.75) is 10.9 Å². The molecule has 5 nitrogen and oxygen atoms in total. The average molecular weight is 327 g/mol. The number of hydrazine groups is 1. The maximum Gasteiger partial charge on any atom is 0.239 e. The van der Waals surface area contributed by atoms with E-state index in [0.29, 0.717) is 6.54 Å². The van der Waals surface area contributed by atoms with Crippen LogP contribution in [-0.4, -0.2) is 43.5 Å². The number of alkyl halides is 1. The second kappa shape index (κ2) is 6.88. The number of halogens is 1. The quantitative estimate of drug-likeness (QED) is 0.689. The van der Waals surface area contributed by atoms with Gasteiger partial charge in [0, 0.05) is 32.4 Å². The summed E-state index contributed by atoms with van der Waals surface area (Å²) in [5.74, 6) is 0.0216. The van der Waals surface area contributed by atoms with Gasteiger partial charge < -0.3 is 10.2 Å². The molecule has 2 unspecified atom stereocenters. The predicted molar refractivity (Wildman–Crippen MR) is 80.4 cm³/mol. The highest BCUT2D eigenvalue weighted by atomic mass is 79.9. The summed E-state index contributed by atoms with van der Waals surface area (Å²) in [6.07, 6.45) is 0. The standard InChI is InChI=1S/C13H19BrN4O/c1-18(10-5-3-2-4-6-10)8-7-15-13(19)12-11(14)9-16-17-12/h2-6,11-12,16-17H,7-9H2,1H3,(H,15,19). The lowest BCUT2D eigenvalue weighted by Crippen LogP contribution is -2.47. The molecule has 19 heavy (non-hydrogen) atoms. The molecule has 2 atom stereocenters. The minimum absolute atomic E-state index is 0.0216. The predicted octanol–water partition coefficient (Wildman–Crippen LogP) is 0.479. The first-order valence-corrected chi connectivity index (χ1v) is 7.26. The number of para-hydroxylation sites is 1. The third kappa shape index (κ3) is 3.92. The van der Waals surface area contributed by atoms with Gasteiger partial charge in [0.2, 0.25) is 5.91 Å². The normalized spacial score (nSPS) is 22.2. The number of likely N-dealkylation sites (N-methyl/N-ethyl adjacent to an activating group) is 1. The van der Waals surface area contributed by atoms with E-state index in [2.05, 4.69) is 49.1 Å². The summed E-state index contributed by atoms with van der Waals surface area (Å²) in [5, 5.41) is 2.94. The van der Waals surface area contributed by atoms with Gasteiger partial charge in [-0.15, -0.1) is 0 Å². The van der Waals surface area contributed by atoms with E-state index >= 15 is 0 Å². The van der Waals surface area contributed by atoms with Crippen molar-refractivity contribution in [2.24, 2.45) is 0 Å². The largest absolute Gasteiger partial charge is 0.373 e. The fourth-order valence-corrected chi connectivity index (χ4v) is 2.51. The van der Waals surface area contributed by atoms with Gasteiger partial charge in [-0.2, -0.15) is 0 Å². The Morgan fingerprint density at radius 2 is 2.21 bits per heavy atom. The van der Waals surface area contributed by atoms with Gasteiger partial charge in [0.25, 0.3) is 0 Å². The van der Waals surface area contributed by atoms with E-state index in [1.165, 1.54) is 0 Å². The smallest absolute Gasteiger partial charge is 0.239 e. The van der Waals surface area contributed by atoms with Crippen LogP contribution >= 0.6 is 15.9 Å². The van der Waals surface area contributed by atoms with E-state index in [0.717, 1.165) is 18.8 Å². The van der Waals surface area contributed by atoms with Crippen molar-refractivity contribution in [3.8, 4) is 0 Å². The topological polar surface area (TPSA) is 56.4 Å². The maximum absolute atomic E-state index is 11.9. The number of anilines is 1. The number of nitrogens with zero attached hydrogens (tertiary/aromatic N) is 1. The lowest BCUT2D eigenvalue weighted by atomic mass is 10.2. The zero-order valence-electron chi connectivity index (χ0n) is 10.9. The molecule has 2 rings (SSSR count). The summed E-state index contributed by atoms with van der Waals surface area (Å²) < 4.78 is 0. The number of hydrogen-bond acceptors (Lipinski definition) is 4. The van der Waals surface area contributed by atoms with Crippen molar-refractivity contribution in [3.63, 3.8) is 0 Å². The molecule has 1 amide bonds. The molecule has 0 aliphatic carbocycles. The molecule has 0 spiro atoms. The molecule has 0 aromatic heterocycles. The van der Waals surface area contributed by atoms with Gasteiger partial charge in [-0.1, -0.05) is 34.1 Å². The van der Waals surface area contributed by atoms with Crippen molar-refractivity contribution in [1.82, 2.24) is 16.2 Å². The zero-order valence-corrected chi connectivity index (χ0v) is 12.5. The molecule has 1 aromatic carbocycles. The van der Waals surface area contributed by atoms with Gasteiger partial charge in [-0.05, 0) is 12.1 Å². The van der Waals surface area contributed by atoms with Crippen LogP contribution in [0.5, 0.6) is 0 Å². The Morgan fingerprint density at radius 1 is 1.47 bits per heavy atom. The van der Waals surface area contributed by atoms with Crippen LogP contribution in [-0.2, 0) is 4.79 Å². The number of amides is 1. The second-order valence-corrected chi connectivity index (χ2v) is 5.74. The van der Waals surface area contributed by atoms with Gasteiger partial charge in [0.05, 0.1) is 4.83 Å². The van der Waals surface area contributed by atoms with E-state index in [1.807, 2.05) is 25.2 Å². The van der Waals surface area contributed by atoms with Crippen LogP contribution in [0.1, 0.15) is 0 Å². The van der Waals surface area contributed by atoms with Gasteiger partial charge in [0.15, 0.2) is 0 Å². The highest BCUT2D eigenvalue weighted by Gasteiger charge is 2.30. The first-order valence-electron chi connectivity index (χ1n) is 6.35. The summed E-state index contributed by atoms with van der Waals surface area (Å²) in [7, 11) is 2.02. The third-order valence-corrected chi connectivity index (χ3v) is 3.99. The molecule has 1 aliphatic rings. The lowest BCUT2D eigenvalue weighted by Gasteiger charge is -2.20. The van der Waals surface area contributed by atoms with Crippen LogP contribution < -0.4 is 21.1 Å². The van der Waals surface area contributed by atoms with E-state index in [9.17, 15) is 4.79 Å². The summed E-state index contributed by atoms with van der Waals surface area (Å²) in [6, 6.07) is 9.91. The number of carbonyl (C=O) groups is 1. The van der Waals surface area contributed by atoms with Crippen molar-refractivity contribution in [2.75, 3.05) is 31.6 Å². The van der Waals surface area contributed by atoms with Crippen LogP contribution in [0.2, 0.25) is 0 Å². The Balaban J connectivity index is 1.73. The number of carbonyl (C=O) groups excluding carboxylic acids is 1. The Hall–Kier alpha value is -1.11. The molecule has 0 saturated carbocycles. The van der Waals surface area contributed by atoms with Crippen molar-refractivity contribution in [1.29, 1.82) is 0 Å². The molecule has 104 valence electrons. The molecule has 1 heterocycles. The van der Waals surface area contributed by atoms with Gasteiger partial charge in [-0.3, -0.25) is 10.2 Å². The summed E-state index contributed by atoms with van der Waals surface area (Å²) >= 11 is 3.47. The zero-order chi connectivity index (χ0) is 13.7. The number of nitrogens with one attached hydrogen (secondary N) is 3. The summed E-state index contributed by atoms with van der Waals surface area (Å²) in [6.45, 7) is 2.16. The Morgan fingerprint density at radius 3 is 2.84 bits per heavy atom. The maximum atomic E-state index is 11.9. The number of hydrogen-bond donors (Lipinski definition) is 3. The van der Waals surface area contributed by atoms with Crippen LogP contribution in [0, 0.1) is 0 Å². The van der Waals surface area contributed by atoms with Crippen molar-refractivity contribution >= 4 is 27.5 Å². The Bertz CT molecular complexity index is 414. The second-order valence-electron chi connectivity index (χ2n) is 4.57. The first kappa shape index (κ1) is 14.3. The van der Waals surface area contributed by atoms with Gasteiger partial charge in [-0.25, -0.2) is 5.43 Å². The fourth-order valence-electron chi connectivity index (χ4n) is 1.97. The SMILES string of the molecule is CN(CCNC(=O)C1NNCC1Br)c1ccccc1. The molecule has 1 aliphatic heterocycles. The minimum Gasteiger partial charge on any atom is -0.373 e. The summed E-state index contributed by atoms with van der Waals surface area (Å²) in [4.78, 5) is 14.2. The molecular formula is C13H19BrN4O. The molecular weight excluding hydrogens is 308 g/mol. The van der Waals surface area contributed by atoms with Crippen LogP contribution in [0.25, 0.3) is 0 Å². The molecule has 3 N–H and O–H groups in total. The fraction of sp³-hybridized carbons (Fsp3) is 0.462. The molecule has 6 heteroatoms. The molecule has 0 bridgehead atoms. The van der Waals surface area contributed by atoms with Crippen molar-refractivity contribution < 1.29 is 4.79 Å². The Kier molecular flexibility index (Phi) is 5.18.